The third-order valence-electron chi connectivity index (χ3n) is 7.90. The lowest BCUT2D eigenvalue weighted by Crippen LogP contribution is -2.49. The summed E-state index contributed by atoms with van der Waals surface area (Å²) < 4.78 is 6.26. The van der Waals surface area contributed by atoms with Gasteiger partial charge in [0.1, 0.15) is 23.4 Å². The molecule has 0 aliphatic carbocycles. The van der Waals surface area contributed by atoms with Gasteiger partial charge in [0.15, 0.2) is 0 Å². The van der Waals surface area contributed by atoms with Crippen molar-refractivity contribution in [2.75, 3.05) is 39.3 Å². The molecule has 36 heavy (non-hydrogen) atoms. The maximum atomic E-state index is 13.3. The lowest BCUT2D eigenvalue weighted by atomic mass is 9.73. The number of aryl methyl sites for hydroxylation is 1. The molecule has 7 nitrogen and oxygen atoms in total. The maximum absolute atomic E-state index is 13.3. The van der Waals surface area contributed by atoms with Crippen LogP contribution in [-0.2, 0) is 6.42 Å². The van der Waals surface area contributed by atoms with E-state index in [1.165, 1.54) is 24.8 Å². The molecule has 2 aromatic carbocycles. The minimum Gasteiger partial charge on any atom is -0.492 e. The van der Waals surface area contributed by atoms with Crippen molar-refractivity contribution in [3.8, 4) is 5.75 Å². The van der Waals surface area contributed by atoms with E-state index in [-0.39, 0.29) is 11.3 Å². The number of para-hydroxylation sites is 1. The fourth-order valence-electron chi connectivity index (χ4n) is 6.00. The van der Waals surface area contributed by atoms with Gasteiger partial charge in [-0.3, -0.25) is 9.69 Å². The highest BCUT2D eigenvalue weighted by atomic mass is 16.5. The number of benzene rings is 2. The second-order valence-corrected chi connectivity index (χ2v) is 11.1. The van der Waals surface area contributed by atoms with Crippen molar-refractivity contribution in [1.29, 1.82) is 0 Å². The van der Waals surface area contributed by atoms with E-state index in [2.05, 4.69) is 58.4 Å². The van der Waals surface area contributed by atoms with E-state index < -0.39 is 0 Å². The van der Waals surface area contributed by atoms with E-state index in [4.69, 9.17) is 4.74 Å². The Hall–Kier alpha value is -2.93. The molecule has 0 atom stereocenters. The number of carbonyl (C=O) groups excluding carboxylic acids is 1. The summed E-state index contributed by atoms with van der Waals surface area (Å²) in [4.78, 5) is 18.0. The summed E-state index contributed by atoms with van der Waals surface area (Å²) in [5, 5.41) is 10.9. The van der Waals surface area contributed by atoms with E-state index in [9.17, 15) is 4.79 Å². The van der Waals surface area contributed by atoms with Crippen LogP contribution in [0.3, 0.4) is 0 Å². The van der Waals surface area contributed by atoms with Gasteiger partial charge in [-0.05, 0) is 73.3 Å². The first-order valence-corrected chi connectivity index (χ1v) is 13.5. The third-order valence-corrected chi connectivity index (χ3v) is 7.90. The van der Waals surface area contributed by atoms with Crippen molar-refractivity contribution in [2.45, 2.75) is 52.4 Å². The Bertz CT molecular complexity index is 1170. The van der Waals surface area contributed by atoms with Crippen molar-refractivity contribution in [1.82, 2.24) is 25.2 Å². The van der Waals surface area contributed by atoms with Crippen LogP contribution in [0.2, 0.25) is 0 Å². The number of aromatic amines is 1. The molecule has 3 heterocycles. The van der Waals surface area contributed by atoms with E-state index >= 15 is 0 Å². The van der Waals surface area contributed by atoms with Gasteiger partial charge in [0.25, 0.3) is 5.91 Å². The lowest BCUT2D eigenvalue weighted by molar-refractivity contribution is 0.0355. The fraction of sp³-hybridized carbons (Fsp3) is 0.552. The first-order valence-electron chi connectivity index (χ1n) is 13.5. The smallest absolute Gasteiger partial charge is 0.253 e. The summed E-state index contributed by atoms with van der Waals surface area (Å²) in [5.74, 6) is 1.76. The highest BCUT2D eigenvalue weighted by Crippen LogP contribution is 2.39. The Morgan fingerprint density at radius 2 is 1.83 bits per heavy atom. The number of hydrogen-bond donors (Lipinski definition) is 1. The highest BCUT2D eigenvalue weighted by molar-refractivity contribution is 5.97. The molecule has 1 aromatic heterocycles. The van der Waals surface area contributed by atoms with Gasteiger partial charge in [0, 0.05) is 38.3 Å². The van der Waals surface area contributed by atoms with E-state index in [1.54, 1.807) is 0 Å². The first kappa shape index (κ1) is 24.8. The Labute approximate surface area is 214 Å². The molecule has 192 valence electrons. The molecule has 2 aliphatic heterocycles. The molecule has 0 unspecified atom stereocenters. The molecule has 1 fully saturated rings. The average Bonchev–Trinajstić information content (AvgIpc) is 3.34. The van der Waals surface area contributed by atoms with Gasteiger partial charge < -0.3 is 9.64 Å². The summed E-state index contributed by atoms with van der Waals surface area (Å²) in [6.07, 6.45) is 6.77. The van der Waals surface area contributed by atoms with Crippen molar-refractivity contribution < 1.29 is 9.53 Å². The van der Waals surface area contributed by atoms with Gasteiger partial charge in [-0.15, -0.1) is 0 Å². The number of carbonyl (C=O) groups is 1. The minimum atomic E-state index is 0.104. The molecule has 1 N–H and O–H groups in total. The van der Waals surface area contributed by atoms with Gasteiger partial charge in [-0.2, -0.15) is 15.4 Å². The van der Waals surface area contributed by atoms with Crippen LogP contribution in [-0.4, -0.2) is 70.4 Å². The van der Waals surface area contributed by atoms with Gasteiger partial charge in [-0.25, -0.2) is 0 Å². The molecule has 1 spiro atoms. The Morgan fingerprint density at radius 3 is 2.67 bits per heavy atom. The standard InChI is InChI=1S/C29H39N5O2/c1-22(2)20-33-17-18-36-27-9-4-3-7-23(27)8-5-6-12-29(21-33)13-15-34(16-14-29)28(35)24-10-11-25-26(19-24)31-32-30-25/h3-4,7,9-11,19,22H,5-6,8,12-18,20-21H2,1-2H3,(H,30,31,32). The quantitative estimate of drug-likeness (QED) is 0.564. The largest absolute Gasteiger partial charge is 0.492 e. The summed E-state index contributed by atoms with van der Waals surface area (Å²) in [5.41, 5.74) is 3.80. The van der Waals surface area contributed by atoms with Crippen LogP contribution < -0.4 is 4.74 Å². The highest BCUT2D eigenvalue weighted by Gasteiger charge is 2.37. The fourth-order valence-corrected chi connectivity index (χ4v) is 6.00. The number of aromatic nitrogens is 3. The monoisotopic (exact) mass is 489 g/mol. The molecule has 2 aliphatic rings. The third kappa shape index (κ3) is 5.72. The summed E-state index contributed by atoms with van der Waals surface area (Å²) in [7, 11) is 0. The molecule has 1 saturated heterocycles. The number of fused-ring (bicyclic) bond motifs is 2. The maximum Gasteiger partial charge on any atom is 0.253 e. The molecule has 7 heteroatoms. The number of nitrogens with one attached hydrogen (secondary N) is 1. The number of piperidine rings is 1. The normalized spacial score (nSPS) is 19.5. The van der Waals surface area contributed by atoms with Crippen molar-refractivity contribution in [3.05, 3.63) is 53.6 Å². The zero-order valence-electron chi connectivity index (χ0n) is 21.7. The molecule has 1 amide bonds. The molecular weight excluding hydrogens is 450 g/mol. The molecular formula is C29H39N5O2. The van der Waals surface area contributed by atoms with Crippen LogP contribution in [0.1, 0.15) is 61.9 Å². The average molecular weight is 490 g/mol. The number of nitrogens with zero attached hydrogens (tertiary/aromatic N) is 4. The Morgan fingerprint density at radius 1 is 1.03 bits per heavy atom. The summed E-state index contributed by atoms with van der Waals surface area (Å²) >= 11 is 0. The van der Waals surface area contributed by atoms with Crippen LogP contribution in [0.5, 0.6) is 5.75 Å². The Kier molecular flexibility index (Phi) is 7.56. The minimum absolute atomic E-state index is 0.104. The summed E-state index contributed by atoms with van der Waals surface area (Å²) in [6.45, 7) is 10.0. The SMILES string of the molecule is CC(C)CN1CCOc2ccccc2CCCCC2(CCN(C(=O)c3ccc4n[nH]nc4c3)CC2)C1. The molecule has 3 aromatic rings. The first-order chi connectivity index (χ1) is 17.5. The van der Waals surface area contributed by atoms with E-state index in [1.807, 2.05) is 23.1 Å². The number of rotatable bonds is 3. The van der Waals surface area contributed by atoms with Crippen molar-refractivity contribution in [3.63, 3.8) is 0 Å². The van der Waals surface area contributed by atoms with Crippen molar-refractivity contribution in [2.24, 2.45) is 11.3 Å². The number of ether oxygens (including phenoxy) is 1. The number of hydrogen-bond acceptors (Lipinski definition) is 5. The van der Waals surface area contributed by atoms with E-state index in [0.717, 1.165) is 75.4 Å². The zero-order valence-corrected chi connectivity index (χ0v) is 21.7. The molecule has 5 rings (SSSR count). The van der Waals surface area contributed by atoms with Gasteiger partial charge in [0.2, 0.25) is 0 Å². The summed E-state index contributed by atoms with van der Waals surface area (Å²) in [6, 6.07) is 14.1. The van der Waals surface area contributed by atoms with Gasteiger partial charge in [-0.1, -0.05) is 38.5 Å². The predicted octanol–water partition coefficient (Wildman–Crippen LogP) is 4.94. The van der Waals surface area contributed by atoms with Gasteiger partial charge in [0.05, 0.1) is 0 Å². The second-order valence-electron chi connectivity index (χ2n) is 11.1. The second kappa shape index (κ2) is 11.0. The molecule has 0 radical (unpaired) electrons. The topological polar surface area (TPSA) is 74.3 Å². The van der Waals surface area contributed by atoms with Crippen molar-refractivity contribution >= 4 is 16.9 Å². The molecule has 0 bridgehead atoms. The van der Waals surface area contributed by atoms with Crippen LogP contribution >= 0.6 is 0 Å². The van der Waals surface area contributed by atoms with Crippen LogP contribution in [0.25, 0.3) is 11.0 Å². The van der Waals surface area contributed by atoms with Gasteiger partial charge >= 0.3 is 0 Å². The number of amides is 1. The zero-order chi connectivity index (χ0) is 25.0. The number of H-pyrrole nitrogens is 1. The van der Waals surface area contributed by atoms with Crippen LogP contribution in [0.4, 0.5) is 0 Å². The van der Waals surface area contributed by atoms with Crippen LogP contribution in [0.15, 0.2) is 42.5 Å². The van der Waals surface area contributed by atoms with E-state index in [0.29, 0.717) is 11.5 Å². The predicted molar refractivity (Wildman–Crippen MR) is 142 cm³/mol. The number of likely N-dealkylation sites (tertiary alicyclic amines) is 1. The lowest BCUT2D eigenvalue weighted by Gasteiger charge is -2.45. The molecule has 0 saturated carbocycles. The van der Waals surface area contributed by atoms with Crippen LogP contribution in [0, 0.1) is 11.3 Å². The Balaban J connectivity index is 1.29.